The minimum absolute atomic E-state index is 0.0370. The molecule has 0 saturated heterocycles. The number of ether oxygens (including phenoxy) is 1. The summed E-state index contributed by atoms with van der Waals surface area (Å²) in [7, 11) is 3.63. The van der Waals surface area contributed by atoms with Gasteiger partial charge in [-0.25, -0.2) is 4.68 Å². The first-order chi connectivity index (χ1) is 8.24. The van der Waals surface area contributed by atoms with Gasteiger partial charge >= 0.3 is 0 Å². The molecule has 1 unspecified atom stereocenters. The Bertz CT molecular complexity index is 324. The van der Waals surface area contributed by atoms with Gasteiger partial charge in [0.2, 0.25) is 0 Å². The highest BCUT2D eigenvalue weighted by molar-refractivity contribution is 5.12. The Balaban J connectivity index is 2.80. The molecule has 0 aliphatic carbocycles. The summed E-state index contributed by atoms with van der Waals surface area (Å²) in [5.74, 6) is 0. The van der Waals surface area contributed by atoms with E-state index < -0.39 is 0 Å². The number of hydrogen-bond donors (Lipinski definition) is 1. The van der Waals surface area contributed by atoms with Gasteiger partial charge in [-0.3, -0.25) is 0 Å². The summed E-state index contributed by atoms with van der Waals surface area (Å²) in [5, 5.41) is 11.6. The topological polar surface area (TPSA) is 52.0 Å². The van der Waals surface area contributed by atoms with Crippen LogP contribution >= 0.6 is 0 Å². The van der Waals surface area contributed by atoms with Crippen LogP contribution in [0.15, 0.2) is 0 Å². The standard InChI is InChI=1S/C12H24N4O/c1-5-6-7-8-16-12(10(2)17-4)11(9-13-3)14-15-16/h10,13H,5-9H2,1-4H3. The highest BCUT2D eigenvalue weighted by Gasteiger charge is 2.17. The normalized spacial score (nSPS) is 12.9. The highest BCUT2D eigenvalue weighted by Crippen LogP contribution is 2.19. The molecule has 0 aliphatic rings. The quantitative estimate of drug-likeness (QED) is 0.705. The summed E-state index contributed by atoms with van der Waals surface area (Å²) >= 11 is 0. The Morgan fingerprint density at radius 3 is 2.76 bits per heavy atom. The lowest BCUT2D eigenvalue weighted by Gasteiger charge is -2.13. The van der Waals surface area contributed by atoms with Crippen molar-refractivity contribution in [1.29, 1.82) is 0 Å². The van der Waals surface area contributed by atoms with E-state index in [-0.39, 0.29) is 6.10 Å². The van der Waals surface area contributed by atoms with Crippen molar-refractivity contribution in [2.45, 2.75) is 52.3 Å². The van der Waals surface area contributed by atoms with Crippen LogP contribution in [-0.2, 0) is 17.8 Å². The van der Waals surface area contributed by atoms with E-state index in [1.54, 1.807) is 7.11 Å². The second kappa shape index (κ2) is 7.40. The highest BCUT2D eigenvalue weighted by atomic mass is 16.5. The third kappa shape index (κ3) is 3.78. The fraction of sp³-hybridized carbons (Fsp3) is 0.833. The summed E-state index contributed by atoms with van der Waals surface area (Å²) in [6.07, 6.45) is 3.62. The lowest BCUT2D eigenvalue weighted by Crippen LogP contribution is -2.13. The Labute approximate surface area is 104 Å². The third-order valence-corrected chi connectivity index (χ3v) is 2.90. The van der Waals surface area contributed by atoms with E-state index in [2.05, 4.69) is 22.6 Å². The van der Waals surface area contributed by atoms with Gasteiger partial charge in [-0.1, -0.05) is 25.0 Å². The first kappa shape index (κ1) is 14.1. The minimum Gasteiger partial charge on any atom is -0.375 e. The second-order valence-electron chi connectivity index (χ2n) is 4.26. The van der Waals surface area contributed by atoms with Gasteiger partial charge in [0.15, 0.2) is 0 Å². The maximum Gasteiger partial charge on any atom is 0.102 e. The van der Waals surface area contributed by atoms with Crippen LogP contribution in [0.2, 0.25) is 0 Å². The van der Waals surface area contributed by atoms with E-state index in [1.165, 1.54) is 12.8 Å². The van der Waals surface area contributed by atoms with Crippen molar-refractivity contribution < 1.29 is 4.74 Å². The van der Waals surface area contributed by atoms with E-state index in [0.717, 1.165) is 30.9 Å². The number of methoxy groups -OCH3 is 1. The van der Waals surface area contributed by atoms with Crippen LogP contribution < -0.4 is 5.32 Å². The lowest BCUT2D eigenvalue weighted by molar-refractivity contribution is 0.110. The van der Waals surface area contributed by atoms with Crippen LogP contribution in [0.5, 0.6) is 0 Å². The second-order valence-corrected chi connectivity index (χ2v) is 4.26. The lowest BCUT2D eigenvalue weighted by atomic mass is 10.2. The Hall–Kier alpha value is -0.940. The van der Waals surface area contributed by atoms with E-state index >= 15 is 0 Å². The molecular formula is C12H24N4O. The molecule has 0 aromatic carbocycles. The summed E-state index contributed by atoms with van der Waals surface area (Å²) in [6.45, 7) is 5.89. The molecule has 0 aliphatic heterocycles. The predicted octanol–water partition coefficient (Wildman–Crippen LogP) is 1.90. The van der Waals surface area contributed by atoms with Crippen molar-refractivity contribution in [2.24, 2.45) is 0 Å². The molecule has 0 amide bonds. The smallest absolute Gasteiger partial charge is 0.102 e. The van der Waals surface area contributed by atoms with Gasteiger partial charge in [-0.15, -0.1) is 5.10 Å². The number of aromatic nitrogens is 3. The third-order valence-electron chi connectivity index (χ3n) is 2.90. The first-order valence-electron chi connectivity index (χ1n) is 6.34. The Morgan fingerprint density at radius 1 is 1.41 bits per heavy atom. The zero-order valence-corrected chi connectivity index (χ0v) is 11.4. The molecule has 1 heterocycles. The fourth-order valence-corrected chi connectivity index (χ4v) is 1.88. The van der Waals surface area contributed by atoms with Gasteiger partial charge in [0.1, 0.15) is 5.69 Å². The first-order valence-corrected chi connectivity index (χ1v) is 6.34. The van der Waals surface area contributed by atoms with Gasteiger partial charge in [0.05, 0.1) is 11.8 Å². The molecule has 1 aromatic heterocycles. The van der Waals surface area contributed by atoms with Crippen molar-refractivity contribution in [1.82, 2.24) is 20.3 Å². The molecule has 17 heavy (non-hydrogen) atoms. The van der Waals surface area contributed by atoms with Crippen LogP contribution in [0.1, 0.15) is 50.6 Å². The molecule has 5 heteroatoms. The van der Waals surface area contributed by atoms with Gasteiger partial charge in [-0.2, -0.15) is 0 Å². The molecule has 0 spiro atoms. The Kier molecular flexibility index (Phi) is 6.15. The van der Waals surface area contributed by atoms with E-state index in [9.17, 15) is 0 Å². The molecule has 1 N–H and O–H groups in total. The maximum atomic E-state index is 5.40. The van der Waals surface area contributed by atoms with Gasteiger partial charge < -0.3 is 10.1 Å². The molecule has 0 saturated carbocycles. The van der Waals surface area contributed by atoms with Crippen LogP contribution in [-0.4, -0.2) is 29.2 Å². The molecular weight excluding hydrogens is 216 g/mol. The Morgan fingerprint density at radius 2 is 2.18 bits per heavy atom. The molecule has 0 bridgehead atoms. The molecule has 1 rings (SSSR count). The molecule has 0 fully saturated rings. The summed E-state index contributed by atoms with van der Waals surface area (Å²) in [5.41, 5.74) is 2.08. The number of hydrogen-bond acceptors (Lipinski definition) is 4. The number of aryl methyl sites for hydroxylation is 1. The summed E-state index contributed by atoms with van der Waals surface area (Å²) < 4.78 is 7.38. The van der Waals surface area contributed by atoms with Gasteiger partial charge in [0, 0.05) is 20.2 Å². The van der Waals surface area contributed by atoms with Crippen molar-refractivity contribution >= 4 is 0 Å². The van der Waals surface area contributed by atoms with Gasteiger partial charge in [-0.05, 0) is 20.4 Å². The number of rotatable bonds is 8. The fourth-order valence-electron chi connectivity index (χ4n) is 1.88. The van der Waals surface area contributed by atoms with Crippen molar-refractivity contribution in [2.75, 3.05) is 14.2 Å². The van der Waals surface area contributed by atoms with Crippen LogP contribution in [0.3, 0.4) is 0 Å². The monoisotopic (exact) mass is 240 g/mol. The zero-order chi connectivity index (χ0) is 12.7. The number of nitrogens with one attached hydrogen (secondary N) is 1. The van der Waals surface area contributed by atoms with Crippen LogP contribution in [0, 0.1) is 0 Å². The molecule has 98 valence electrons. The minimum atomic E-state index is 0.0370. The maximum absolute atomic E-state index is 5.40. The molecule has 1 atom stereocenters. The molecule has 0 radical (unpaired) electrons. The van der Waals surface area contributed by atoms with E-state index in [4.69, 9.17) is 4.74 Å². The van der Waals surface area contributed by atoms with Crippen molar-refractivity contribution in [3.05, 3.63) is 11.4 Å². The average Bonchev–Trinajstić information content (AvgIpc) is 2.72. The molecule has 1 aromatic rings. The van der Waals surface area contributed by atoms with E-state index in [1.807, 2.05) is 18.7 Å². The van der Waals surface area contributed by atoms with Gasteiger partial charge in [0.25, 0.3) is 0 Å². The zero-order valence-electron chi connectivity index (χ0n) is 11.4. The van der Waals surface area contributed by atoms with E-state index in [0.29, 0.717) is 0 Å². The SMILES string of the molecule is CCCCCn1nnc(CNC)c1C(C)OC. The average molecular weight is 240 g/mol. The molecule has 5 nitrogen and oxygen atoms in total. The van der Waals surface area contributed by atoms with Crippen molar-refractivity contribution in [3.8, 4) is 0 Å². The van der Waals surface area contributed by atoms with Crippen LogP contribution in [0.25, 0.3) is 0 Å². The summed E-state index contributed by atoms with van der Waals surface area (Å²) in [4.78, 5) is 0. The largest absolute Gasteiger partial charge is 0.375 e. The summed E-state index contributed by atoms with van der Waals surface area (Å²) in [6, 6.07) is 0. The number of unbranched alkanes of at least 4 members (excludes halogenated alkanes) is 2. The number of nitrogens with zero attached hydrogens (tertiary/aromatic N) is 3. The van der Waals surface area contributed by atoms with Crippen molar-refractivity contribution in [3.63, 3.8) is 0 Å². The predicted molar refractivity (Wildman–Crippen MR) is 67.7 cm³/mol. The van der Waals surface area contributed by atoms with Crippen LogP contribution in [0.4, 0.5) is 0 Å².